The number of azo groups is 1. The van der Waals surface area contributed by atoms with Gasteiger partial charge >= 0.3 is 0 Å². The van der Waals surface area contributed by atoms with E-state index in [-0.39, 0.29) is 22.2 Å². The van der Waals surface area contributed by atoms with Crippen LogP contribution in [0, 0.1) is 0 Å². The molecule has 4 rings (SSSR count). The number of halogens is 1. The van der Waals surface area contributed by atoms with Crippen LogP contribution in [0.5, 0.6) is 5.88 Å². The molecule has 1 heterocycles. The molecule has 0 aliphatic heterocycles. The molecular weight excluding hydrogens is 464 g/mol. The summed E-state index contributed by atoms with van der Waals surface area (Å²) >= 11 is 5.94. The number of fused-ring (bicyclic) bond motifs is 1. The maximum atomic E-state index is 13.3. The first-order valence-corrected chi connectivity index (χ1v) is 11.6. The van der Waals surface area contributed by atoms with Crippen LogP contribution in [0.4, 0.5) is 11.4 Å². The van der Waals surface area contributed by atoms with Crippen LogP contribution in [0.15, 0.2) is 94.0 Å². The second kappa shape index (κ2) is 9.05. The van der Waals surface area contributed by atoms with E-state index in [0.717, 1.165) is 4.31 Å². The summed E-state index contributed by atoms with van der Waals surface area (Å²) in [6.45, 7) is -0.589. The van der Waals surface area contributed by atoms with Gasteiger partial charge in [-0.05, 0) is 42.5 Å². The number of carbonyl (C=O) groups excluding carboxylic acids is 1. The summed E-state index contributed by atoms with van der Waals surface area (Å²) in [6.07, 6.45) is 0. The number of hydrogen-bond acceptors (Lipinski definition) is 5. The topological polar surface area (TPSA) is 104 Å². The fourth-order valence-electron chi connectivity index (χ4n) is 3.36. The molecule has 0 saturated carbocycles. The van der Waals surface area contributed by atoms with Gasteiger partial charge in [0.2, 0.25) is 5.88 Å². The maximum absolute atomic E-state index is 13.3. The van der Waals surface area contributed by atoms with Gasteiger partial charge in [-0.3, -0.25) is 9.10 Å². The number of carbonyl (C=O) groups is 1. The highest BCUT2D eigenvalue weighted by Crippen LogP contribution is 2.37. The Kier molecular flexibility index (Phi) is 6.17. The summed E-state index contributed by atoms with van der Waals surface area (Å²) in [6, 6.07) is 21.0. The van der Waals surface area contributed by atoms with Gasteiger partial charge in [0.1, 0.15) is 6.54 Å². The van der Waals surface area contributed by atoms with E-state index >= 15 is 0 Å². The van der Waals surface area contributed by atoms with E-state index < -0.39 is 22.5 Å². The van der Waals surface area contributed by atoms with Gasteiger partial charge in [0.25, 0.3) is 15.9 Å². The highest BCUT2D eigenvalue weighted by Gasteiger charge is 2.27. The number of hydrogen-bond donors (Lipinski definition) is 1. The first-order chi connectivity index (χ1) is 15.8. The van der Waals surface area contributed by atoms with Crippen molar-refractivity contribution in [2.75, 3.05) is 10.8 Å². The quantitative estimate of drug-likeness (QED) is 0.388. The molecule has 8 nitrogen and oxygen atoms in total. The van der Waals surface area contributed by atoms with E-state index in [2.05, 4.69) is 10.2 Å². The van der Waals surface area contributed by atoms with Crippen LogP contribution >= 0.6 is 11.6 Å². The molecule has 0 saturated heterocycles. The van der Waals surface area contributed by atoms with Crippen molar-refractivity contribution in [2.45, 2.75) is 4.90 Å². The molecule has 1 aromatic heterocycles. The van der Waals surface area contributed by atoms with Gasteiger partial charge in [0, 0.05) is 17.5 Å². The molecule has 0 atom stereocenters. The molecule has 1 amide bonds. The number of sulfonamides is 1. The van der Waals surface area contributed by atoms with E-state index in [4.69, 9.17) is 11.6 Å². The third-order valence-electron chi connectivity index (χ3n) is 5.04. The molecule has 0 unspecified atom stereocenters. The molecule has 3 aromatic carbocycles. The largest absolute Gasteiger partial charge is 0.493 e. The van der Waals surface area contributed by atoms with Crippen LogP contribution in [0.2, 0.25) is 5.02 Å². The zero-order valence-corrected chi connectivity index (χ0v) is 19.0. The summed E-state index contributed by atoms with van der Waals surface area (Å²) < 4.78 is 29.0. The lowest BCUT2D eigenvalue weighted by atomic mass is 10.2. The van der Waals surface area contributed by atoms with Crippen molar-refractivity contribution in [1.82, 2.24) is 4.57 Å². The minimum absolute atomic E-state index is 0.0244. The highest BCUT2D eigenvalue weighted by atomic mass is 35.5. The van der Waals surface area contributed by atoms with Crippen LogP contribution < -0.4 is 4.31 Å². The van der Waals surface area contributed by atoms with Gasteiger partial charge in [0.15, 0.2) is 5.69 Å². The Bertz CT molecular complexity index is 1450. The van der Waals surface area contributed by atoms with Crippen molar-refractivity contribution in [1.29, 1.82) is 0 Å². The summed E-state index contributed by atoms with van der Waals surface area (Å²) in [7, 11) is -2.41. The Morgan fingerprint density at radius 3 is 2.33 bits per heavy atom. The maximum Gasteiger partial charge on any atom is 0.285 e. The lowest BCUT2D eigenvalue weighted by molar-refractivity contribution is -0.116. The van der Waals surface area contributed by atoms with Crippen LogP contribution in [-0.2, 0) is 21.9 Å². The fraction of sp³-hybridized carbons (Fsp3) is 0.0870. The number of nitrogens with zero attached hydrogens (tertiary/aromatic N) is 4. The standard InChI is InChI=1S/C23H19ClN4O4S/c1-27-20-10-6-5-9-19(20)22(23(27)30)26-25-21(29)15-28(17-13-11-16(24)12-14-17)33(31,32)18-7-3-2-4-8-18/h2-14,30H,15H2,1H3. The zero-order chi connectivity index (χ0) is 23.6. The van der Waals surface area contributed by atoms with Crippen molar-refractivity contribution in [3.8, 4) is 5.88 Å². The van der Waals surface area contributed by atoms with Crippen molar-refractivity contribution in [2.24, 2.45) is 17.3 Å². The zero-order valence-electron chi connectivity index (χ0n) is 17.5. The van der Waals surface area contributed by atoms with Crippen LogP contribution in [0.3, 0.4) is 0 Å². The van der Waals surface area contributed by atoms with E-state index in [9.17, 15) is 18.3 Å². The van der Waals surface area contributed by atoms with Crippen molar-refractivity contribution in [3.63, 3.8) is 0 Å². The predicted molar refractivity (Wildman–Crippen MR) is 127 cm³/mol. The van der Waals surface area contributed by atoms with Gasteiger partial charge in [-0.1, -0.05) is 48.0 Å². The monoisotopic (exact) mass is 482 g/mol. The molecule has 168 valence electrons. The molecule has 10 heteroatoms. The first-order valence-electron chi connectivity index (χ1n) is 9.83. The molecule has 0 spiro atoms. The minimum atomic E-state index is -4.07. The van der Waals surface area contributed by atoms with Crippen molar-refractivity contribution < 1.29 is 18.3 Å². The van der Waals surface area contributed by atoms with Gasteiger partial charge in [-0.15, -0.1) is 10.2 Å². The van der Waals surface area contributed by atoms with Gasteiger partial charge < -0.3 is 9.67 Å². The average Bonchev–Trinajstić information content (AvgIpc) is 3.07. The van der Waals surface area contributed by atoms with Gasteiger partial charge in [-0.2, -0.15) is 0 Å². The van der Waals surface area contributed by atoms with Crippen LogP contribution in [0.25, 0.3) is 10.9 Å². The van der Waals surface area contributed by atoms with E-state index in [0.29, 0.717) is 15.9 Å². The summed E-state index contributed by atoms with van der Waals surface area (Å²) in [5, 5.41) is 19.0. The second-order valence-electron chi connectivity index (χ2n) is 7.14. The number of aryl methyl sites for hydroxylation is 1. The highest BCUT2D eigenvalue weighted by molar-refractivity contribution is 7.92. The smallest absolute Gasteiger partial charge is 0.285 e. The molecule has 0 aliphatic rings. The van der Waals surface area contributed by atoms with E-state index in [1.807, 2.05) is 6.07 Å². The van der Waals surface area contributed by atoms with E-state index in [1.54, 1.807) is 43.4 Å². The molecule has 0 aliphatic carbocycles. The molecule has 0 bridgehead atoms. The summed E-state index contributed by atoms with van der Waals surface area (Å²) in [5.74, 6) is -0.962. The molecule has 33 heavy (non-hydrogen) atoms. The Morgan fingerprint density at radius 1 is 1.00 bits per heavy atom. The number of amides is 1. The minimum Gasteiger partial charge on any atom is -0.493 e. The lowest BCUT2D eigenvalue weighted by Crippen LogP contribution is -2.35. The van der Waals surface area contributed by atoms with Crippen molar-refractivity contribution in [3.05, 3.63) is 83.9 Å². The van der Waals surface area contributed by atoms with Crippen LogP contribution in [0.1, 0.15) is 0 Å². The second-order valence-corrected chi connectivity index (χ2v) is 9.44. The molecule has 0 fully saturated rings. The van der Waals surface area contributed by atoms with E-state index in [1.165, 1.54) is 41.0 Å². The first kappa shape index (κ1) is 22.5. The average molecular weight is 483 g/mol. The van der Waals surface area contributed by atoms with Crippen LogP contribution in [-0.4, -0.2) is 30.5 Å². The Hall–Kier alpha value is -3.69. The summed E-state index contributed by atoms with van der Waals surface area (Å²) in [5.41, 5.74) is 1.09. The predicted octanol–water partition coefficient (Wildman–Crippen LogP) is 5.04. The SMILES string of the molecule is Cn1c(O)c(N=NC(=O)CN(c2ccc(Cl)cc2)S(=O)(=O)c2ccccc2)c2ccccc21. The number of para-hydroxylation sites is 1. The lowest BCUT2D eigenvalue weighted by Gasteiger charge is -2.23. The Balaban J connectivity index is 1.68. The number of anilines is 1. The van der Waals surface area contributed by atoms with Gasteiger partial charge in [0.05, 0.1) is 16.1 Å². The van der Waals surface area contributed by atoms with Gasteiger partial charge in [-0.25, -0.2) is 8.42 Å². The molecular formula is C23H19ClN4O4S. The normalized spacial score (nSPS) is 11.8. The number of aromatic nitrogens is 1. The third kappa shape index (κ3) is 4.46. The number of aromatic hydroxyl groups is 1. The third-order valence-corrected chi connectivity index (χ3v) is 7.08. The molecule has 1 N–H and O–H groups in total. The molecule has 4 aromatic rings. The number of rotatable bonds is 6. The van der Waals surface area contributed by atoms with Crippen molar-refractivity contribution >= 4 is 49.8 Å². The Labute approximate surface area is 195 Å². The fourth-order valence-corrected chi connectivity index (χ4v) is 4.92. The Morgan fingerprint density at radius 2 is 1.64 bits per heavy atom. The summed E-state index contributed by atoms with van der Waals surface area (Å²) in [4.78, 5) is 12.7. The molecule has 0 radical (unpaired) electrons. The number of benzene rings is 3.